The van der Waals surface area contributed by atoms with E-state index in [-0.39, 0.29) is 4.90 Å². The zero-order chi connectivity index (χ0) is 12.7. The molecule has 17 heavy (non-hydrogen) atoms. The van der Waals surface area contributed by atoms with E-state index >= 15 is 0 Å². The molecule has 0 radical (unpaired) electrons. The van der Waals surface area contributed by atoms with Gasteiger partial charge in [-0.1, -0.05) is 17.7 Å². The van der Waals surface area contributed by atoms with Crippen molar-refractivity contribution in [3.8, 4) is 0 Å². The Morgan fingerprint density at radius 3 is 2.24 bits per heavy atom. The Bertz CT molecular complexity index is 657. The molecule has 0 fully saturated rings. The quantitative estimate of drug-likeness (QED) is 0.827. The van der Waals surface area contributed by atoms with Crippen molar-refractivity contribution in [2.75, 3.05) is 5.75 Å². The molecule has 0 aromatic heterocycles. The van der Waals surface area contributed by atoms with Crippen molar-refractivity contribution in [2.45, 2.75) is 10.1 Å². The first kappa shape index (κ1) is 12.6. The number of hydrogen-bond donors (Lipinski definition) is 0. The third kappa shape index (κ3) is 2.53. The molecule has 0 N–H and O–H groups in total. The second-order valence-corrected chi connectivity index (χ2v) is 8.23. The Morgan fingerprint density at radius 2 is 1.76 bits per heavy atom. The minimum absolute atomic E-state index is 0.0775. The van der Waals surface area contributed by atoms with E-state index in [0.717, 1.165) is 5.41 Å². The van der Waals surface area contributed by atoms with E-state index in [1.165, 1.54) is 30.3 Å². The number of rotatable bonds is 2. The standard InChI is InChI=1S/C10H9ClO4S2/c11-8-1-3-9(4-2-8)17(14,15)10-5-6-16(12,13)7-10/h1-6,10H,7H2/t10-/m1/s1. The van der Waals surface area contributed by atoms with E-state index in [1.54, 1.807) is 0 Å². The topological polar surface area (TPSA) is 68.3 Å². The molecule has 0 spiro atoms. The second-order valence-electron chi connectivity index (χ2n) is 3.70. The van der Waals surface area contributed by atoms with Crippen LogP contribution in [0.5, 0.6) is 0 Å². The van der Waals surface area contributed by atoms with Gasteiger partial charge in [-0.05, 0) is 24.3 Å². The molecule has 2 rings (SSSR count). The fourth-order valence-corrected chi connectivity index (χ4v) is 5.31. The van der Waals surface area contributed by atoms with Crippen LogP contribution < -0.4 is 0 Å². The van der Waals surface area contributed by atoms with Crippen molar-refractivity contribution in [1.82, 2.24) is 0 Å². The lowest BCUT2D eigenvalue weighted by atomic mass is 10.4. The SMILES string of the molecule is O=S1(=O)C=C[C@@H](S(=O)(=O)c2ccc(Cl)cc2)C1. The van der Waals surface area contributed by atoms with Gasteiger partial charge in [0.1, 0.15) is 0 Å². The zero-order valence-electron chi connectivity index (χ0n) is 8.58. The van der Waals surface area contributed by atoms with Gasteiger partial charge in [0.05, 0.1) is 15.9 Å². The summed E-state index contributed by atoms with van der Waals surface area (Å²) in [5, 5.41) is 0.373. The number of hydrogen-bond acceptors (Lipinski definition) is 4. The van der Waals surface area contributed by atoms with Crippen molar-refractivity contribution in [2.24, 2.45) is 0 Å². The predicted octanol–water partition coefficient (Wildman–Crippen LogP) is 1.42. The third-order valence-electron chi connectivity index (χ3n) is 2.44. The first-order valence-corrected chi connectivity index (χ1v) is 8.36. The Labute approximate surface area is 105 Å². The molecule has 1 aromatic rings. The average Bonchev–Trinajstić information content (AvgIpc) is 2.60. The van der Waals surface area contributed by atoms with Gasteiger partial charge in [-0.25, -0.2) is 16.8 Å². The molecular weight excluding hydrogens is 284 g/mol. The van der Waals surface area contributed by atoms with Crippen molar-refractivity contribution in [3.05, 3.63) is 40.8 Å². The number of benzene rings is 1. The van der Waals surface area contributed by atoms with Gasteiger partial charge < -0.3 is 0 Å². The van der Waals surface area contributed by atoms with Gasteiger partial charge in [-0.2, -0.15) is 0 Å². The Kier molecular flexibility index (Phi) is 3.05. The van der Waals surface area contributed by atoms with Crippen molar-refractivity contribution < 1.29 is 16.8 Å². The number of halogens is 1. The van der Waals surface area contributed by atoms with Crippen LogP contribution in [0.25, 0.3) is 0 Å². The van der Waals surface area contributed by atoms with Gasteiger partial charge in [0, 0.05) is 10.4 Å². The zero-order valence-corrected chi connectivity index (χ0v) is 11.0. The maximum atomic E-state index is 12.1. The maximum Gasteiger partial charge on any atom is 0.185 e. The molecule has 0 aliphatic carbocycles. The van der Waals surface area contributed by atoms with E-state index in [1.807, 2.05) is 0 Å². The fraction of sp³-hybridized carbons (Fsp3) is 0.200. The Balaban J connectivity index is 2.39. The molecule has 0 saturated carbocycles. The van der Waals surface area contributed by atoms with E-state index in [4.69, 9.17) is 11.6 Å². The highest BCUT2D eigenvalue weighted by Crippen LogP contribution is 2.24. The lowest BCUT2D eigenvalue weighted by Gasteiger charge is -2.08. The van der Waals surface area contributed by atoms with Gasteiger partial charge >= 0.3 is 0 Å². The first-order valence-electron chi connectivity index (χ1n) is 4.72. The molecule has 92 valence electrons. The van der Waals surface area contributed by atoms with E-state index in [0.29, 0.717) is 5.02 Å². The van der Waals surface area contributed by atoms with Gasteiger partial charge in [-0.15, -0.1) is 0 Å². The Morgan fingerprint density at radius 1 is 1.18 bits per heavy atom. The molecule has 1 aliphatic rings. The summed E-state index contributed by atoms with van der Waals surface area (Å²) in [6, 6.07) is 5.66. The summed E-state index contributed by atoms with van der Waals surface area (Å²) in [4.78, 5) is 0.0775. The average molecular weight is 293 g/mol. The molecule has 0 unspecified atom stereocenters. The van der Waals surface area contributed by atoms with Crippen molar-refractivity contribution >= 4 is 31.3 Å². The van der Waals surface area contributed by atoms with Gasteiger partial charge in [-0.3, -0.25) is 0 Å². The molecule has 1 aliphatic heterocycles. The summed E-state index contributed by atoms with van der Waals surface area (Å²) in [6.07, 6.45) is 1.21. The summed E-state index contributed by atoms with van der Waals surface area (Å²) < 4.78 is 46.6. The lowest BCUT2D eigenvalue weighted by Crippen LogP contribution is -2.22. The maximum absolute atomic E-state index is 12.1. The molecular formula is C10H9ClO4S2. The van der Waals surface area contributed by atoms with Crippen LogP contribution in [0.3, 0.4) is 0 Å². The van der Waals surface area contributed by atoms with Crippen LogP contribution in [0.4, 0.5) is 0 Å². The minimum Gasteiger partial charge on any atom is -0.224 e. The summed E-state index contributed by atoms with van der Waals surface area (Å²) >= 11 is 5.66. The third-order valence-corrected chi connectivity index (χ3v) is 6.35. The van der Waals surface area contributed by atoms with Crippen LogP contribution in [-0.2, 0) is 19.7 Å². The lowest BCUT2D eigenvalue weighted by molar-refractivity contribution is 0.587. The van der Waals surface area contributed by atoms with Crippen LogP contribution in [0.2, 0.25) is 5.02 Å². The largest absolute Gasteiger partial charge is 0.224 e. The van der Waals surface area contributed by atoms with E-state index in [9.17, 15) is 16.8 Å². The molecule has 1 aromatic carbocycles. The van der Waals surface area contributed by atoms with Crippen molar-refractivity contribution in [3.63, 3.8) is 0 Å². The minimum atomic E-state index is -3.65. The highest BCUT2D eigenvalue weighted by Gasteiger charge is 2.33. The van der Waals surface area contributed by atoms with Crippen LogP contribution in [-0.4, -0.2) is 27.8 Å². The van der Waals surface area contributed by atoms with Gasteiger partial charge in [0.2, 0.25) is 0 Å². The summed E-state index contributed by atoms with van der Waals surface area (Å²) in [5.41, 5.74) is 0. The Hall–Kier alpha value is -0.850. The number of sulfone groups is 2. The summed E-state index contributed by atoms with van der Waals surface area (Å²) in [7, 11) is -7.03. The monoisotopic (exact) mass is 292 g/mol. The highest BCUT2D eigenvalue weighted by atomic mass is 35.5. The molecule has 0 bridgehead atoms. The molecule has 0 amide bonds. The van der Waals surface area contributed by atoms with Gasteiger partial charge in [0.15, 0.2) is 19.7 Å². The summed E-state index contributed by atoms with van der Waals surface area (Å²) in [5.74, 6) is -0.391. The van der Waals surface area contributed by atoms with Crippen LogP contribution >= 0.6 is 11.6 Å². The summed E-state index contributed by atoms with van der Waals surface area (Å²) in [6.45, 7) is 0. The smallest absolute Gasteiger partial charge is 0.185 e. The predicted molar refractivity (Wildman–Crippen MR) is 65.4 cm³/mol. The van der Waals surface area contributed by atoms with E-state index < -0.39 is 30.7 Å². The van der Waals surface area contributed by atoms with Crippen LogP contribution in [0.15, 0.2) is 40.6 Å². The highest BCUT2D eigenvalue weighted by molar-refractivity contribution is 7.98. The molecule has 0 saturated heterocycles. The van der Waals surface area contributed by atoms with Crippen LogP contribution in [0.1, 0.15) is 0 Å². The first-order chi connectivity index (χ1) is 7.81. The molecule has 7 heteroatoms. The molecule has 4 nitrogen and oxygen atoms in total. The van der Waals surface area contributed by atoms with Crippen LogP contribution in [0, 0.1) is 0 Å². The molecule has 1 heterocycles. The van der Waals surface area contributed by atoms with Crippen molar-refractivity contribution in [1.29, 1.82) is 0 Å². The second kappa shape index (κ2) is 4.12. The van der Waals surface area contributed by atoms with E-state index in [2.05, 4.69) is 0 Å². The normalized spacial score (nSPS) is 22.8. The fourth-order valence-electron chi connectivity index (χ4n) is 1.54. The molecule has 1 atom stereocenters. The van der Waals surface area contributed by atoms with Gasteiger partial charge in [0.25, 0.3) is 0 Å².